The van der Waals surface area contributed by atoms with Gasteiger partial charge in [-0.1, -0.05) is 60.0 Å². The van der Waals surface area contributed by atoms with Gasteiger partial charge in [-0.05, 0) is 42.2 Å². The highest BCUT2D eigenvalue weighted by molar-refractivity contribution is 6.48. The first-order valence-corrected chi connectivity index (χ1v) is 12.8. The first-order valence-electron chi connectivity index (χ1n) is 11.7. The number of benzene rings is 1. The van der Waals surface area contributed by atoms with Crippen molar-refractivity contribution in [1.29, 1.82) is 0 Å². The van der Waals surface area contributed by atoms with Crippen LogP contribution in [-0.2, 0) is 9.59 Å². The standard InChI is InChI=1S/C25H22Cl3F9N2O2/c1-11-7-13(3-4-15(24(32,33)34)14-9-17(26)20(28)18(27)10-14)8-16(25(35,36)37)19(11)22(41)39-12(2)21(40)38-6-5-23(29,30)31/h3-4,7-12,15,19H,5-6H2,1-2H3,(H,38,40)(H,39,41)/b4-3+. The predicted octanol–water partition coefficient (Wildman–Crippen LogP) is 8.10. The van der Waals surface area contributed by atoms with E-state index < -0.39 is 78.2 Å². The number of amides is 2. The molecule has 41 heavy (non-hydrogen) atoms. The highest BCUT2D eigenvalue weighted by atomic mass is 35.5. The van der Waals surface area contributed by atoms with E-state index in [0.29, 0.717) is 12.2 Å². The Balaban J connectivity index is 2.31. The van der Waals surface area contributed by atoms with Crippen molar-refractivity contribution in [3.8, 4) is 0 Å². The Labute approximate surface area is 243 Å². The number of rotatable bonds is 8. The molecule has 0 bridgehead atoms. The maximum Gasteiger partial charge on any atom is 0.413 e. The van der Waals surface area contributed by atoms with E-state index in [1.165, 1.54) is 6.92 Å². The highest BCUT2D eigenvalue weighted by Gasteiger charge is 2.46. The summed E-state index contributed by atoms with van der Waals surface area (Å²) in [6, 6.07) is 0.371. The van der Waals surface area contributed by atoms with Crippen LogP contribution < -0.4 is 10.6 Å². The van der Waals surface area contributed by atoms with Crippen molar-refractivity contribution in [2.24, 2.45) is 11.8 Å². The number of nitrogens with one attached hydrogen (secondary N) is 2. The molecule has 2 rings (SSSR count). The van der Waals surface area contributed by atoms with Gasteiger partial charge in [-0.2, -0.15) is 39.5 Å². The molecule has 4 unspecified atom stereocenters. The number of allylic oxidation sites excluding steroid dienone is 5. The topological polar surface area (TPSA) is 58.2 Å². The van der Waals surface area contributed by atoms with Crippen LogP contribution in [0.1, 0.15) is 31.7 Å². The molecule has 2 amide bonds. The number of carbonyl (C=O) groups is 2. The lowest BCUT2D eigenvalue weighted by atomic mass is 9.79. The number of halogens is 12. The molecule has 16 heteroatoms. The lowest BCUT2D eigenvalue weighted by Gasteiger charge is -2.30. The van der Waals surface area contributed by atoms with Crippen molar-refractivity contribution in [2.45, 2.75) is 50.8 Å². The molecule has 0 heterocycles. The van der Waals surface area contributed by atoms with Crippen molar-refractivity contribution >= 4 is 46.6 Å². The van der Waals surface area contributed by atoms with Gasteiger partial charge in [-0.15, -0.1) is 0 Å². The summed E-state index contributed by atoms with van der Waals surface area (Å²) in [5.41, 5.74) is -2.10. The molecule has 0 aliphatic heterocycles. The third-order valence-corrected chi connectivity index (χ3v) is 7.10. The van der Waals surface area contributed by atoms with E-state index in [4.69, 9.17) is 34.8 Å². The number of hydrogen-bond acceptors (Lipinski definition) is 2. The van der Waals surface area contributed by atoms with E-state index in [2.05, 4.69) is 0 Å². The van der Waals surface area contributed by atoms with Gasteiger partial charge in [0.25, 0.3) is 0 Å². The van der Waals surface area contributed by atoms with Gasteiger partial charge in [0.05, 0.1) is 33.3 Å². The van der Waals surface area contributed by atoms with Gasteiger partial charge in [-0.3, -0.25) is 9.59 Å². The quantitative estimate of drug-likeness (QED) is 0.219. The van der Waals surface area contributed by atoms with Crippen molar-refractivity contribution in [3.63, 3.8) is 0 Å². The van der Waals surface area contributed by atoms with Gasteiger partial charge in [0.15, 0.2) is 0 Å². The van der Waals surface area contributed by atoms with Gasteiger partial charge >= 0.3 is 18.5 Å². The molecule has 0 spiro atoms. The molecule has 0 saturated carbocycles. The summed E-state index contributed by atoms with van der Waals surface area (Å²) < 4.78 is 120. The number of carbonyl (C=O) groups excluding carboxylic acids is 2. The minimum absolute atomic E-state index is 0.180. The van der Waals surface area contributed by atoms with Crippen molar-refractivity contribution < 1.29 is 49.1 Å². The van der Waals surface area contributed by atoms with E-state index in [9.17, 15) is 49.1 Å². The second kappa shape index (κ2) is 13.3. The average molecular weight is 660 g/mol. The molecular weight excluding hydrogens is 638 g/mol. The molecule has 0 saturated heterocycles. The van der Waals surface area contributed by atoms with Gasteiger partial charge < -0.3 is 10.6 Å². The highest BCUT2D eigenvalue weighted by Crippen LogP contribution is 2.43. The third kappa shape index (κ3) is 9.85. The minimum Gasteiger partial charge on any atom is -0.354 e. The van der Waals surface area contributed by atoms with E-state index in [0.717, 1.165) is 31.2 Å². The molecule has 1 aromatic rings. The molecule has 4 atom stereocenters. The lowest BCUT2D eigenvalue weighted by molar-refractivity contribution is -0.140. The maximum absolute atomic E-state index is 13.9. The summed E-state index contributed by atoms with van der Waals surface area (Å²) >= 11 is 17.5. The van der Waals surface area contributed by atoms with E-state index in [1.54, 1.807) is 0 Å². The molecule has 0 radical (unpaired) electrons. The molecule has 0 fully saturated rings. The van der Waals surface area contributed by atoms with Crippen LogP contribution in [-0.4, -0.2) is 42.9 Å². The van der Waals surface area contributed by atoms with E-state index >= 15 is 0 Å². The van der Waals surface area contributed by atoms with Crippen molar-refractivity contribution in [1.82, 2.24) is 10.6 Å². The third-order valence-electron chi connectivity index (χ3n) is 5.91. The first-order chi connectivity index (χ1) is 18.6. The summed E-state index contributed by atoms with van der Waals surface area (Å²) in [6.07, 6.45) is -12.8. The van der Waals surface area contributed by atoms with Crippen LogP contribution in [0, 0.1) is 11.8 Å². The van der Waals surface area contributed by atoms with E-state index in [-0.39, 0.29) is 20.6 Å². The second-order valence-electron chi connectivity index (χ2n) is 9.16. The molecule has 0 aromatic heterocycles. The normalized spacial score (nSPS) is 19.9. The molecule has 4 nitrogen and oxygen atoms in total. The molecule has 1 aliphatic rings. The number of hydrogen-bond donors (Lipinski definition) is 2. The van der Waals surface area contributed by atoms with Crippen LogP contribution in [0.2, 0.25) is 15.1 Å². The molecule has 1 aromatic carbocycles. The zero-order valence-electron chi connectivity index (χ0n) is 21.0. The van der Waals surface area contributed by atoms with Crippen molar-refractivity contribution in [3.05, 3.63) is 68.2 Å². The summed E-state index contributed by atoms with van der Waals surface area (Å²) in [6.45, 7) is 1.48. The Morgan fingerprint density at radius 1 is 1.00 bits per heavy atom. The van der Waals surface area contributed by atoms with Gasteiger partial charge in [0, 0.05) is 12.1 Å². The van der Waals surface area contributed by atoms with Crippen LogP contribution >= 0.6 is 34.8 Å². The summed E-state index contributed by atoms with van der Waals surface area (Å²) in [5.74, 6) is -7.74. The van der Waals surface area contributed by atoms with Crippen molar-refractivity contribution in [2.75, 3.05) is 6.54 Å². The predicted molar refractivity (Wildman–Crippen MR) is 136 cm³/mol. The SMILES string of the molecule is CC(NC(=O)C1C(C(F)(F)F)=CC(/C=C/C(c2cc(Cl)c(Cl)c(Cl)c2)C(F)(F)F)=CC1C)C(=O)NCCC(F)(F)F. The lowest BCUT2D eigenvalue weighted by Crippen LogP contribution is -2.49. The molecule has 228 valence electrons. The Bertz CT molecular complexity index is 1220. The Morgan fingerprint density at radius 3 is 2.05 bits per heavy atom. The van der Waals surface area contributed by atoms with Gasteiger partial charge in [0.1, 0.15) is 6.04 Å². The van der Waals surface area contributed by atoms with Crippen LogP contribution in [0.5, 0.6) is 0 Å². The fraction of sp³-hybridized carbons (Fsp3) is 0.440. The molecular formula is C25H22Cl3F9N2O2. The van der Waals surface area contributed by atoms with E-state index in [1.807, 2.05) is 10.6 Å². The largest absolute Gasteiger partial charge is 0.413 e. The monoisotopic (exact) mass is 658 g/mol. The van der Waals surface area contributed by atoms with Crippen LogP contribution in [0.3, 0.4) is 0 Å². The Morgan fingerprint density at radius 2 is 1.56 bits per heavy atom. The zero-order valence-corrected chi connectivity index (χ0v) is 23.3. The van der Waals surface area contributed by atoms with Crippen LogP contribution in [0.15, 0.2) is 47.6 Å². The molecule has 2 N–H and O–H groups in total. The van der Waals surface area contributed by atoms with Gasteiger partial charge in [0.2, 0.25) is 11.8 Å². The summed E-state index contributed by atoms with van der Waals surface area (Å²) in [7, 11) is 0. The summed E-state index contributed by atoms with van der Waals surface area (Å²) in [4.78, 5) is 24.8. The fourth-order valence-electron chi connectivity index (χ4n) is 3.96. The van der Waals surface area contributed by atoms with Crippen LogP contribution in [0.4, 0.5) is 39.5 Å². The second-order valence-corrected chi connectivity index (χ2v) is 10.4. The fourth-order valence-corrected chi connectivity index (χ4v) is 4.58. The van der Waals surface area contributed by atoms with Gasteiger partial charge in [-0.25, -0.2) is 0 Å². The number of alkyl halides is 9. The Kier molecular flexibility index (Phi) is 11.3. The molecule has 1 aliphatic carbocycles. The maximum atomic E-state index is 13.9. The minimum atomic E-state index is -5.09. The first kappa shape index (κ1) is 34.8. The zero-order chi connectivity index (χ0) is 31.5. The smallest absolute Gasteiger partial charge is 0.354 e. The summed E-state index contributed by atoms with van der Waals surface area (Å²) in [5, 5.41) is 3.26. The average Bonchev–Trinajstić information content (AvgIpc) is 2.79. The Hall–Kier alpha value is -2.38. The van der Waals surface area contributed by atoms with Crippen LogP contribution in [0.25, 0.3) is 0 Å².